The van der Waals surface area contributed by atoms with Gasteiger partial charge in [-0.15, -0.1) is 0 Å². The highest BCUT2D eigenvalue weighted by Crippen LogP contribution is 2.16. The van der Waals surface area contributed by atoms with Crippen molar-refractivity contribution in [2.45, 2.75) is 219 Å². The van der Waals surface area contributed by atoms with E-state index in [1.807, 2.05) is 0 Å². The van der Waals surface area contributed by atoms with Crippen molar-refractivity contribution in [3.63, 3.8) is 0 Å². The fourth-order valence-corrected chi connectivity index (χ4v) is 5.77. The molecule has 262 valence electrons. The summed E-state index contributed by atoms with van der Waals surface area (Å²) in [5.41, 5.74) is 0. The van der Waals surface area contributed by atoms with E-state index in [4.69, 9.17) is 9.47 Å². The minimum Gasteiger partial charge on any atom is -0.463 e. The zero-order valence-corrected chi connectivity index (χ0v) is 29.9. The molecule has 0 aromatic carbocycles. The standard InChI is InChI=1S/C39H76O5/c1-4-6-7-8-9-10-11-12-13-14-15-16-20-23-26-29-32-38(41)43-34-37(40)35-44-39(42)33-30-27-24-21-18-17-19-22-25-28-31-36(3)5-2/h36-37,40H,4-35H2,1-3H3/t36?,37-/m0/s1. The fraction of sp³-hybridized carbons (Fsp3) is 0.949. The number of hydrogen-bond donors (Lipinski definition) is 1. The number of carbonyl (C=O) groups is 2. The Labute approximate surface area is 274 Å². The van der Waals surface area contributed by atoms with Crippen molar-refractivity contribution in [3.05, 3.63) is 0 Å². The molecule has 1 unspecified atom stereocenters. The molecule has 5 nitrogen and oxygen atoms in total. The van der Waals surface area contributed by atoms with Crippen LogP contribution in [0.1, 0.15) is 213 Å². The second-order valence-corrected chi connectivity index (χ2v) is 13.7. The van der Waals surface area contributed by atoms with E-state index in [1.54, 1.807) is 0 Å². The van der Waals surface area contributed by atoms with E-state index in [-0.39, 0.29) is 25.2 Å². The number of unbranched alkanes of at least 4 members (excludes halogenated alkanes) is 24. The van der Waals surface area contributed by atoms with E-state index in [1.165, 1.54) is 154 Å². The molecule has 1 N–H and O–H groups in total. The van der Waals surface area contributed by atoms with Gasteiger partial charge in [-0.2, -0.15) is 0 Å². The first-order valence-electron chi connectivity index (χ1n) is 19.5. The highest BCUT2D eigenvalue weighted by atomic mass is 16.6. The van der Waals surface area contributed by atoms with E-state index in [9.17, 15) is 14.7 Å². The lowest BCUT2D eigenvalue weighted by Crippen LogP contribution is -2.25. The lowest BCUT2D eigenvalue weighted by atomic mass is 9.99. The molecule has 0 bridgehead atoms. The van der Waals surface area contributed by atoms with Gasteiger partial charge in [0.2, 0.25) is 0 Å². The summed E-state index contributed by atoms with van der Waals surface area (Å²) in [6, 6.07) is 0. The highest BCUT2D eigenvalue weighted by Gasteiger charge is 2.12. The van der Waals surface area contributed by atoms with Gasteiger partial charge in [-0.25, -0.2) is 0 Å². The first kappa shape index (κ1) is 42.9. The molecular weight excluding hydrogens is 548 g/mol. The van der Waals surface area contributed by atoms with Crippen LogP contribution < -0.4 is 0 Å². The summed E-state index contributed by atoms with van der Waals surface area (Å²) in [4.78, 5) is 23.9. The first-order chi connectivity index (χ1) is 21.5. The molecule has 0 fully saturated rings. The van der Waals surface area contributed by atoms with E-state index in [2.05, 4.69) is 20.8 Å². The van der Waals surface area contributed by atoms with Gasteiger partial charge < -0.3 is 14.6 Å². The lowest BCUT2D eigenvalue weighted by molar-refractivity contribution is -0.152. The topological polar surface area (TPSA) is 72.8 Å². The first-order valence-corrected chi connectivity index (χ1v) is 19.5. The van der Waals surface area contributed by atoms with Gasteiger partial charge in [0.25, 0.3) is 0 Å². The van der Waals surface area contributed by atoms with Crippen molar-refractivity contribution in [1.82, 2.24) is 0 Å². The monoisotopic (exact) mass is 625 g/mol. The third kappa shape index (κ3) is 33.8. The maximum absolute atomic E-state index is 12.0. The Morgan fingerprint density at radius 1 is 0.477 bits per heavy atom. The minimum atomic E-state index is -0.955. The van der Waals surface area contributed by atoms with Gasteiger partial charge in [0.1, 0.15) is 19.3 Å². The Morgan fingerprint density at radius 2 is 0.773 bits per heavy atom. The molecule has 5 heteroatoms. The van der Waals surface area contributed by atoms with Crippen molar-refractivity contribution >= 4 is 11.9 Å². The Morgan fingerprint density at radius 3 is 1.09 bits per heavy atom. The summed E-state index contributed by atoms with van der Waals surface area (Å²) in [7, 11) is 0. The van der Waals surface area contributed by atoms with Crippen LogP contribution in [0.3, 0.4) is 0 Å². The lowest BCUT2D eigenvalue weighted by Gasteiger charge is -2.12. The Hall–Kier alpha value is -1.10. The molecule has 0 aliphatic heterocycles. The summed E-state index contributed by atoms with van der Waals surface area (Å²) < 4.78 is 10.3. The highest BCUT2D eigenvalue weighted by molar-refractivity contribution is 5.69. The van der Waals surface area contributed by atoms with Crippen LogP contribution in [0.5, 0.6) is 0 Å². The maximum atomic E-state index is 12.0. The Kier molecular flexibility index (Phi) is 33.9. The molecular formula is C39H76O5. The number of carbonyl (C=O) groups excluding carboxylic acids is 2. The molecule has 0 aliphatic rings. The number of rotatable bonds is 35. The number of hydrogen-bond acceptors (Lipinski definition) is 5. The Balaban J connectivity index is 3.39. The van der Waals surface area contributed by atoms with Crippen molar-refractivity contribution < 1.29 is 24.2 Å². The van der Waals surface area contributed by atoms with Gasteiger partial charge in [0.15, 0.2) is 0 Å². The van der Waals surface area contributed by atoms with Crippen LogP contribution in [-0.4, -0.2) is 36.4 Å². The average Bonchev–Trinajstić information content (AvgIpc) is 3.02. The molecule has 2 atom stereocenters. The third-order valence-corrected chi connectivity index (χ3v) is 9.13. The molecule has 0 radical (unpaired) electrons. The van der Waals surface area contributed by atoms with Crippen LogP contribution in [0.25, 0.3) is 0 Å². The predicted molar refractivity (Wildman–Crippen MR) is 187 cm³/mol. The van der Waals surface area contributed by atoms with Gasteiger partial charge in [0, 0.05) is 12.8 Å². The van der Waals surface area contributed by atoms with Gasteiger partial charge in [0.05, 0.1) is 0 Å². The second-order valence-electron chi connectivity index (χ2n) is 13.7. The van der Waals surface area contributed by atoms with E-state index in [0.29, 0.717) is 12.8 Å². The minimum absolute atomic E-state index is 0.108. The fourth-order valence-electron chi connectivity index (χ4n) is 5.77. The van der Waals surface area contributed by atoms with E-state index in [0.717, 1.165) is 31.6 Å². The third-order valence-electron chi connectivity index (χ3n) is 9.13. The van der Waals surface area contributed by atoms with Crippen LogP contribution in [0, 0.1) is 5.92 Å². The zero-order chi connectivity index (χ0) is 32.4. The number of aliphatic hydroxyl groups is 1. The van der Waals surface area contributed by atoms with Crippen LogP contribution in [-0.2, 0) is 19.1 Å². The quantitative estimate of drug-likeness (QED) is 0.0561. The van der Waals surface area contributed by atoms with Crippen LogP contribution >= 0.6 is 0 Å². The van der Waals surface area contributed by atoms with E-state index < -0.39 is 6.10 Å². The molecule has 0 rings (SSSR count). The number of aliphatic hydroxyl groups excluding tert-OH is 1. The summed E-state index contributed by atoms with van der Waals surface area (Å²) >= 11 is 0. The molecule has 44 heavy (non-hydrogen) atoms. The van der Waals surface area contributed by atoms with Gasteiger partial charge in [-0.05, 0) is 18.8 Å². The summed E-state index contributed by atoms with van der Waals surface area (Å²) in [6.45, 7) is 6.69. The van der Waals surface area contributed by atoms with Crippen LogP contribution in [0.4, 0.5) is 0 Å². The molecule has 0 amide bonds. The van der Waals surface area contributed by atoms with Crippen LogP contribution in [0.2, 0.25) is 0 Å². The molecule has 0 aliphatic carbocycles. The summed E-state index contributed by atoms with van der Waals surface area (Å²) in [5.74, 6) is 0.327. The summed E-state index contributed by atoms with van der Waals surface area (Å²) in [5, 5.41) is 10.0. The largest absolute Gasteiger partial charge is 0.463 e. The molecule has 0 saturated carbocycles. The second kappa shape index (κ2) is 34.8. The average molecular weight is 625 g/mol. The number of ether oxygens (including phenoxy) is 2. The van der Waals surface area contributed by atoms with Crippen molar-refractivity contribution in [3.8, 4) is 0 Å². The van der Waals surface area contributed by atoms with E-state index >= 15 is 0 Å². The van der Waals surface area contributed by atoms with Crippen molar-refractivity contribution in [2.24, 2.45) is 5.92 Å². The van der Waals surface area contributed by atoms with Crippen molar-refractivity contribution in [1.29, 1.82) is 0 Å². The molecule has 0 heterocycles. The SMILES string of the molecule is CCCCCCCCCCCCCCCCCCC(=O)OC[C@H](O)COC(=O)CCCCCCCCCCCCC(C)CC. The normalized spacial score (nSPS) is 12.7. The van der Waals surface area contributed by atoms with Gasteiger partial charge >= 0.3 is 11.9 Å². The zero-order valence-electron chi connectivity index (χ0n) is 29.9. The molecule has 0 aromatic rings. The maximum Gasteiger partial charge on any atom is 0.305 e. The number of esters is 2. The smallest absolute Gasteiger partial charge is 0.305 e. The predicted octanol–water partition coefficient (Wildman–Crippen LogP) is 11.8. The molecule has 0 aromatic heterocycles. The molecule has 0 saturated heterocycles. The summed E-state index contributed by atoms with van der Waals surface area (Å²) in [6.07, 6.45) is 35.8. The van der Waals surface area contributed by atoms with Gasteiger partial charge in [-0.3, -0.25) is 9.59 Å². The van der Waals surface area contributed by atoms with Crippen LogP contribution in [0.15, 0.2) is 0 Å². The van der Waals surface area contributed by atoms with Crippen molar-refractivity contribution in [2.75, 3.05) is 13.2 Å². The van der Waals surface area contributed by atoms with Gasteiger partial charge in [-0.1, -0.05) is 188 Å². The Bertz CT molecular complexity index is 607. The molecule has 0 spiro atoms.